The molecule has 3 aromatic rings. The average Bonchev–Trinajstić information content (AvgIpc) is 3.28. The van der Waals surface area contributed by atoms with Crippen molar-refractivity contribution in [2.45, 2.75) is 161 Å². The van der Waals surface area contributed by atoms with E-state index >= 15 is 0 Å². The molecule has 11 nitrogen and oxygen atoms in total. The first kappa shape index (κ1) is 51.3. The lowest BCUT2D eigenvalue weighted by atomic mass is 10.1. The molecule has 0 fully saturated rings. The Bertz CT molecular complexity index is 1560. The topological polar surface area (TPSA) is 136 Å². The number of benzene rings is 3. The Kier molecular flexibility index (Phi) is 28.3. The molecule has 0 heterocycles. The maximum absolute atomic E-state index is 13.9. The lowest BCUT2D eigenvalue weighted by Crippen LogP contribution is -2.29. The quantitative estimate of drug-likeness (QED) is 0.0260. The van der Waals surface area contributed by atoms with Crippen LogP contribution < -0.4 is 5.32 Å². The van der Waals surface area contributed by atoms with Crippen LogP contribution in [-0.4, -0.2) is 43.9 Å². The van der Waals surface area contributed by atoms with Gasteiger partial charge in [0.2, 0.25) is 0 Å². The zero-order valence-corrected chi connectivity index (χ0v) is 37.5. The van der Waals surface area contributed by atoms with Crippen LogP contribution in [0.4, 0.5) is 4.79 Å². The van der Waals surface area contributed by atoms with E-state index in [-0.39, 0.29) is 57.9 Å². The van der Waals surface area contributed by atoms with Crippen LogP contribution in [0, 0.1) is 0 Å². The fourth-order valence-electron chi connectivity index (χ4n) is 6.54. The second kappa shape index (κ2) is 33.6. The van der Waals surface area contributed by atoms with Crippen LogP contribution in [0.1, 0.15) is 152 Å². The summed E-state index contributed by atoms with van der Waals surface area (Å²) in [6.45, 7) is 2.48. The number of ether oxygens (including phenoxy) is 3. The molecule has 0 aromatic heterocycles. The van der Waals surface area contributed by atoms with E-state index in [9.17, 15) is 18.9 Å². The summed E-state index contributed by atoms with van der Waals surface area (Å²) in [6, 6.07) is 28.2. The molecule has 0 saturated heterocycles. The van der Waals surface area contributed by atoms with E-state index in [2.05, 4.69) is 12.2 Å². The largest absolute Gasteiger partial charge is 0.475 e. The van der Waals surface area contributed by atoms with Crippen molar-refractivity contribution in [3.8, 4) is 0 Å². The van der Waals surface area contributed by atoms with Gasteiger partial charge >= 0.3 is 25.9 Å². The van der Waals surface area contributed by atoms with Gasteiger partial charge in [-0.05, 0) is 36.0 Å². The Morgan fingerprint density at radius 2 is 0.918 bits per heavy atom. The molecule has 0 saturated carbocycles. The van der Waals surface area contributed by atoms with E-state index in [0.717, 1.165) is 87.3 Å². The van der Waals surface area contributed by atoms with Crippen molar-refractivity contribution in [2.75, 3.05) is 19.8 Å². The Morgan fingerprint density at radius 3 is 1.41 bits per heavy atom. The molecular formula is C49H72NO10P. The lowest BCUT2D eigenvalue weighted by molar-refractivity contribution is -0.161. The fourth-order valence-corrected chi connectivity index (χ4v) is 7.72. The molecule has 3 aromatic carbocycles. The number of unbranched alkanes of at least 4 members (excludes halogenated alkanes) is 16. The van der Waals surface area contributed by atoms with Crippen molar-refractivity contribution in [1.82, 2.24) is 5.32 Å². The van der Waals surface area contributed by atoms with Crippen molar-refractivity contribution in [2.24, 2.45) is 0 Å². The molecule has 3 rings (SSSR count). The second-order valence-corrected chi connectivity index (χ2v) is 17.2. The maximum Gasteiger partial charge on any atom is 0.475 e. The molecule has 1 amide bonds. The Balaban J connectivity index is 1.36. The summed E-state index contributed by atoms with van der Waals surface area (Å²) in [7, 11) is -4.15. The van der Waals surface area contributed by atoms with Crippen LogP contribution in [-0.2, 0) is 61.8 Å². The number of phosphoric acid groups is 1. The number of phosphoric ester groups is 1. The predicted octanol–water partition coefficient (Wildman–Crippen LogP) is 12.7. The number of alkyl carbamates (subject to hydrolysis) is 1. The predicted molar refractivity (Wildman–Crippen MR) is 240 cm³/mol. The first-order valence-corrected chi connectivity index (χ1v) is 24.2. The molecule has 61 heavy (non-hydrogen) atoms. The van der Waals surface area contributed by atoms with Crippen LogP contribution in [0.5, 0.6) is 0 Å². The van der Waals surface area contributed by atoms with Crippen LogP contribution in [0.15, 0.2) is 91.0 Å². The van der Waals surface area contributed by atoms with Gasteiger partial charge in [0, 0.05) is 19.4 Å². The molecule has 1 N–H and O–H groups in total. The Morgan fingerprint density at radius 1 is 0.492 bits per heavy atom. The van der Waals surface area contributed by atoms with Gasteiger partial charge in [0.25, 0.3) is 0 Å². The number of esters is 2. The van der Waals surface area contributed by atoms with E-state index in [1.54, 1.807) is 0 Å². The van der Waals surface area contributed by atoms with Gasteiger partial charge in [-0.3, -0.25) is 23.2 Å². The highest BCUT2D eigenvalue weighted by Gasteiger charge is 2.30. The van der Waals surface area contributed by atoms with E-state index in [0.29, 0.717) is 19.4 Å². The van der Waals surface area contributed by atoms with Gasteiger partial charge in [0.15, 0.2) is 6.10 Å². The zero-order valence-electron chi connectivity index (χ0n) is 36.7. The van der Waals surface area contributed by atoms with Crippen LogP contribution in [0.3, 0.4) is 0 Å². The number of carbonyl (C=O) groups is 3. The van der Waals surface area contributed by atoms with Gasteiger partial charge in [0.05, 0.1) is 19.8 Å². The molecule has 0 bridgehead atoms. The normalized spacial score (nSPS) is 11.8. The second-order valence-electron chi connectivity index (χ2n) is 15.6. The Hall–Kier alpha value is -4.02. The Labute approximate surface area is 365 Å². The fraction of sp³-hybridized carbons (Fsp3) is 0.571. The molecule has 0 radical (unpaired) electrons. The summed E-state index contributed by atoms with van der Waals surface area (Å²) in [4.78, 5) is 37.6. The summed E-state index contributed by atoms with van der Waals surface area (Å²) >= 11 is 0. The molecule has 0 aliphatic rings. The number of hydrogen-bond acceptors (Lipinski definition) is 10. The van der Waals surface area contributed by atoms with Crippen molar-refractivity contribution in [3.63, 3.8) is 0 Å². The highest BCUT2D eigenvalue weighted by atomic mass is 31.2. The molecule has 0 unspecified atom stereocenters. The number of rotatable bonds is 36. The number of nitrogens with one attached hydrogen (secondary N) is 1. The molecule has 0 spiro atoms. The van der Waals surface area contributed by atoms with Crippen molar-refractivity contribution in [3.05, 3.63) is 108 Å². The lowest BCUT2D eigenvalue weighted by Gasteiger charge is -2.22. The van der Waals surface area contributed by atoms with E-state index < -0.39 is 19.9 Å². The smallest absolute Gasteiger partial charge is 0.462 e. The summed E-state index contributed by atoms with van der Waals surface area (Å²) in [5, 5.41) is 2.81. The maximum atomic E-state index is 13.9. The summed E-state index contributed by atoms with van der Waals surface area (Å²) < 4.78 is 47.8. The highest BCUT2D eigenvalue weighted by Crippen LogP contribution is 2.51. The van der Waals surface area contributed by atoms with Crippen molar-refractivity contribution in [1.29, 1.82) is 0 Å². The van der Waals surface area contributed by atoms with Crippen molar-refractivity contribution >= 4 is 25.9 Å². The summed E-state index contributed by atoms with van der Waals surface area (Å²) in [5.41, 5.74) is 2.53. The summed E-state index contributed by atoms with van der Waals surface area (Å²) in [6.07, 6.45) is 18.2. The first-order chi connectivity index (χ1) is 29.8. The minimum Gasteiger partial charge on any atom is -0.462 e. The van der Waals surface area contributed by atoms with Gasteiger partial charge in [-0.25, -0.2) is 9.36 Å². The van der Waals surface area contributed by atoms with Gasteiger partial charge in [-0.2, -0.15) is 0 Å². The zero-order chi connectivity index (χ0) is 43.5. The average molecular weight is 866 g/mol. The first-order valence-electron chi connectivity index (χ1n) is 22.8. The van der Waals surface area contributed by atoms with Gasteiger partial charge in [-0.15, -0.1) is 0 Å². The number of carbonyl (C=O) groups excluding carboxylic acids is 3. The molecule has 0 aliphatic carbocycles. The van der Waals surface area contributed by atoms with Gasteiger partial charge < -0.3 is 19.5 Å². The van der Waals surface area contributed by atoms with Crippen LogP contribution in [0.25, 0.3) is 0 Å². The SMILES string of the molecule is CCCCCCCCCCCC(=O)O[C@H](COC(=O)CCCCCCCCCCCNC(=O)OCc1ccccc1)COP(=O)(OCc1ccccc1)OCc1ccccc1. The standard InChI is InChI=1S/C49H72NO10P/c1-2-3-4-5-6-8-12-15-27-36-48(52)60-46(42-59-61(54,57-39-44-31-22-18-23-32-44)58-40-45-33-24-19-25-34-45)41-55-47(51)35-26-14-11-9-7-10-13-16-28-37-50-49(53)56-38-43-29-20-17-21-30-43/h17-25,29-34,46H,2-16,26-28,35-42H2,1H3,(H,50,53)/t46-/m1/s1. The molecule has 338 valence electrons. The molecule has 12 heteroatoms. The van der Waals surface area contributed by atoms with Gasteiger partial charge in [0.1, 0.15) is 13.2 Å². The number of amides is 1. The van der Waals surface area contributed by atoms with Gasteiger partial charge in [-0.1, -0.05) is 194 Å². The van der Waals surface area contributed by atoms with E-state index in [4.69, 9.17) is 27.8 Å². The van der Waals surface area contributed by atoms with Crippen LogP contribution in [0.2, 0.25) is 0 Å². The van der Waals surface area contributed by atoms with Crippen LogP contribution >= 0.6 is 7.82 Å². The summed E-state index contributed by atoms with van der Waals surface area (Å²) in [5.74, 6) is -0.810. The third kappa shape index (κ3) is 26.8. The minimum absolute atomic E-state index is 0.0156. The molecular weight excluding hydrogens is 794 g/mol. The van der Waals surface area contributed by atoms with Crippen molar-refractivity contribution < 1.29 is 46.7 Å². The third-order valence-electron chi connectivity index (χ3n) is 10.1. The molecule has 0 aliphatic heterocycles. The third-order valence-corrected chi connectivity index (χ3v) is 11.5. The van der Waals surface area contributed by atoms with E-state index in [1.807, 2.05) is 91.0 Å². The minimum atomic E-state index is -4.15. The number of hydrogen-bond donors (Lipinski definition) is 1. The van der Waals surface area contributed by atoms with E-state index in [1.165, 1.54) is 32.1 Å². The highest BCUT2D eigenvalue weighted by molar-refractivity contribution is 7.48. The molecule has 1 atom stereocenters. The monoisotopic (exact) mass is 865 g/mol.